The van der Waals surface area contributed by atoms with E-state index in [9.17, 15) is 9.59 Å². The van der Waals surface area contributed by atoms with E-state index in [-0.39, 0.29) is 18.5 Å². The molecule has 0 atom stereocenters. The third-order valence-corrected chi connectivity index (χ3v) is 3.39. The number of hydrogen-bond acceptors (Lipinski definition) is 3. The van der Waals surface area contributed by atoms with Crippen LogP contribution in [0.3, 0.4) is 0 Å². The number of carbonyl (C=O) groups is 2. The normalized spacial score (nSPS) is 14.9. The topological polar surface area (TPSA) is 53.5 Å². The second-order valence-electron chi connectivity index (χ2n) is 5.07. The number of anilines is 1. The number of rotatable bonds is 3. The molecule has 1 aromatic carbocycles. The minimum Gasteiger partial charge on any atom is -0.310 e. The Morgan fingerprint density at radius 2 is 2.05 bits per heavy atom. The van der Waals surface area contributed by atoms with Crippen LogP contribution in [0.2, 0.25) is 0 Å². The van der Waals surface area contributed by atoms with E-state index in [0.717, 1.165) is 11.1 Å². The Labute approximate surface area is 122 Å². The number of urea groups is 1. The van der Waals surface area contributed by atoms with E-state index >= 15 is 0 Å². The van der Waals surface area contributed by atoms with Gasteiger partial charge in [0.05, 0.1) is 5.69 Å². The summed E-state index contributed by atoms with van der Waals surface area (Å²) in [6.45, 7) is 2.42. The van der Waals surface area contributed by atoms with Crippen LogP contribution in [0.5, 0.6) is 0 Å². The zero-order valence-corrected chi connectivity index (χ0v) is 11.7. The van der Waals surface area contributed by atoms with Crippen molar-refractivity contribution in [2.45, 2.75) is 13.5 Å². The number of hydrogen-bond donors (Lipinski definition) is 0. The van der Waals surface area contributed by atoms with Gasteiger partial charge in [0.15, 0.2) is 0 Å². The highest BCUT2D eigenvalue weighted by molar-refractivity contribution is 6.19. The van der Waals surface area contributed by atoms with Crippen LogP contribution in [0.1, 0.15) is 11.1 Å². The molecular weight excluding hydrogens is 266 g/mol. The number of nitrogens with zero attached hydrogens (tertiary/aromatic N) is 3. The van der Waals surface area contributed by atoms with Gasteiger partial charge in [-0.1, -0.05) is 18.2 Å². The number of amides is 3. The second kappa shape index (κ2) is 5.36. The molecule has 1 saturated heterocycles. The van der Waals surface area contributed by atoms with Crippen LogP contribution in [0.4, 0.5) is 10.5 Å². The Kier molecular flexibility index (Phi) is 3.39. The lowest BCUT2D eigenvalue weighted by molar-refractivity contribution is -0.116. The molecule has 5 heteroatoms. The van der Waals surface area contributed by atoms with Gasteiger partial charge < -0.3 is 4.90 Å². The third-order valence-electron chi connectivity index (χ3n) is 3.39. The van der Waals surface area contributed by atoms with E-state index in [1.165, 1.54) is 9.80 Å². The first-order chi connectivity index (χ1) is 10.1. The lowest BCUT2D eigenvalue weighted by Gasteiger charge is -2.17. The van der Waals surface area contributed by atoms with E-state index in [1.54, 1.807) is 18.5 Å². The smallest absolute Gasteiger partial charge is 0.310 e. The first kappa shape index (κ1) is 13.3. The zero-order chi connectivity index (χ0) is 14.8. The maximum absolute atomic E-state index is 12.4. The molecule has 2 aromatic rings. The lowest BCUT2D eigenvalue weighted by atomic mass is 10.2. The van der Waals surface area contributed by atoms with Gasteiger partial charge in [-0.2, -0.15) is 0 Å². The summed E-state index contributed by atoms with van der Waals surface area (Å²) in [6.07, 6.45) is 3.38. The minimum atomic E-state index is -0.283. The molecule has 3 amide bonds. The maximum atomic E-state index is 12.4. The number of aromatic nitrogens is 1. The second-order valence-corrected chi connectivity index (χ2v) is 5.07. The summed E-state index contributed by atoms with van der Waals surface area (Å²) in [4.78, 5) is 31.4. The van der Waals surface area contributed by atoms with E-state index in [4.69, 9.17) is 0 Å². The molecule has 1 aliphatic heterocycles. The van der Waals surface area contributed by atoms with Gasteiger partial charge in [-0.05, 0) is 36.2 Å². The lowest BCUT2D eigenvalue weighted by Crippen LogP contribution is -2.32. The summed E-state index contributed by atoms with van der Waals surface area (Å²) in [7, 11) is 0. The quantitative estimate of drug-likeness (QED) is 0.812. The molecule has 1 fully saturated rings. The van der Waals surface area contributed by atoms with E-state index in [0.29, 0.717) is 12.2 Å². The first-order valence-electron chi connectivity index (χ1n) is 6.72. The molecule has 1 aromatic heterocycles. The molecular formula is C16H15N3O2. The number of pyridine rings is 1. The average Bonchev–Trinajstić information content (AvgIpc) is 2.74. The van der Waals surface area contributed by atoms with Crippen molar-refractivity contribution in [3.8, 4) is 0 Å². The monoisotopic (exact) mass is 281 g/mol. The summed E-state index contributed by atoms with van der Waals surface area (Å²) in [5, 5.41) is 0. The number of aryl methyl sites for hydroxylation is 1. The predicted octanol–water partition coefficient (Wildman–Crippen LogP) is 2.36. The van der Waals surface area contributed by atoms with Crippen molar-refractivity contribution in [3.05, 3.63) is 59.9 Å². The van der Waals surface area contributed by atoms with Crippen molar-refractivity contribution < 1.29 is 9.59 Å². The Morgan fingerprint density at radius 1 is 1.19 bits per heavy atom. The fourth-order valence-electron chi connectivity index (χ4n) is 2.41. The zero-order valence-electron chi connectivity index (χ0n) is 11.7. The summed E-state index contributed by atoms with van der Waals surface area (Å²) in [5.41, 5.74) is 2.54. The highest BCUT2D eigenvalue weighted by Gasteiger charge is 2.36. The Morgan fingerprint density at radius 3 is 2.76 bits per heavy atom. The van der Waals surface area contributed by atoms with Crippen molar-refractivity contribution in [2.24, 2.45) is 0 Å². The van der Waals surface area contributed by atoms with Gasteiger partial charge >= 0.3 is 6.03 Å². The van der Waals surface area contributed by atoms with Crippen LogP contribution in [-0.2, 0) is 11.3 Å². The summed E-state index contributed by atoms with van der Waals surface area (Å²) in [6, 6.07) is 10.8. The third kappa shape index (κ3) is 2.63. The van der Waals surface area contributed by atoms with Gasteiger partial charge in [0.1, 0.15) is 6.54 Å². The van der Waals surface area contributed by atoms with Crippen LogP contribution < -0.4 is 4.90 Å². The van der Waals surface area contributed by atoms with Crippen LogP contribution in [-0.4, -0.2) is 28.4 Å². The van der Waals surface area contributed by atoms with Crippen molar-refractivity contribution >= 4 is 17.6 Å². The van der Waals surface area contributed by atoms with Crippen molar-refractivity contribution in [3.63, 3.8) is 0 Å². The van der Waals surface area contributed by atoms with Crippen LogP contribution in [0, 0.1) is 6.92 Å². The van der Waals surface area contributed by atoms with E-state index in [1.807, 2.05) is 37.3 Å². The number of imide groups is 1. The minimum absolute atomic E-state index is 0.0989. The summed E-state index contributed by atoms with van der Waals surface area (Å²) < 4.78 is 0. The Bertz CT molecular complexity index is 685. The Hall–Kier alpha value is -2.69. The standard InChI is InChI=1S/C16H15N3O2/c1-12-4-2-6-14(8-12)19-15(20)11-18(16(19)21)10-13-5-3-7-17-9-13/h2-9H,10-11H2,1H3. The van der Waals surface area contributed by atoms with Gasteiger partial charge in [0.25, 0.3) is 5.91 Å². The maximum Gasteiger partial charge on any atom is 0.332 e. The van der Waals surface area contributed by atoms with Gasteiger partial charge in [0.2, 0.25) is 0 Å². The highest BCUT2D eigenvalue weighted by atomic mass is 16.2. The largest absolute Gasteiger partial charge is 0.332 e. The van der Waals surface area contributed by atoms with Crippen molar-refractivity contribution in [1.29, 1.82) is 0 Å². The average molecular weight is 281 g/mol. The number of benzene rings is 1. The molecule has 0 aliphatic carbocycles. The molecule has 0 saturated carbocycles. The van der Waals surface area contributed by atoms with Gasteiger partial charge in [-0.3, -0.25) is 9.78 Å². The van der Waals surface area contributed by atoms with E-state index < -0.39 is 0 Å². The van der Waals surface area contributed by atoms with Crippen molar-refractivity contribution in [1.82, 2.24) is 9.88 Å². The molecule has 21 heavy (non-hydrogen) atoms. The molecule has 0 bridgehead atoms. The molecule has 0 N–H and O–H groups in total. The molecule has 0 radical (unpaired) electrons. The van der Waals surface area contributed by atoms with Gasteiger partial charge in [0, 0.05) is 18.9 Å². The molecule has 2 heterocycles. The molecule has 0 unspecified atom stereocenters. The highest BCUT2D eigenvalue weighted by Crippen LogP contribution is 2.23. The van der Waals surface area contributed by atoms with Crippen molar-refractivity contribution in [2.75, 3.05) is 11.4 Å². The molecule has 3 rings (SSSR count). The predicted molar refractivity (Wildman–Crippen MR) is 78.7 cm³/mol. The SMILES string of the molecule is Cc1cccc(N2C(=O)CN(Cc3cccnc3)C2=O)c1. The summed E-state index contributed by atoms with van der Waals surface area (Å²) in [5.74, 6) is -0.200. The van der Waals surface area contributed by atoms with Crippen LogP contribution in [0.15, 0.2) is 48.8 Å². The fraction of sp³-hybridized carbons (Fsp3) is 0.188. The van der Waals surface area contributed by atoms with Crippen LogP contribution in [0.25, 0.3) is 0 Å². The fourth-order valence-corrected chi connectivity index (χ4v) is 2.41. The molecule has 106 valence electrons. The van der Waals surface area contributed by atoms with Crippen LogP contribution >= 0.6 is 0 Å². The number of carbonyl (C=O) groups excluding carboxylic acids is 2. The van der Waals surface area contributed by atoms with Gasteiger partial charge in [-0.25, -0.2) is 9.69 Å². The molecule has 0 spiro atoms. The first-order valence-corrected chi connectivity index (χ1v) is 6.72. The molecule has 5 nitrogen and oxygen atoms in total. The van der Waals surface area contributed by atoms with Gasteiger partial charge in [-0.15, -0.1) is 0 Å². The molecule has 1 aliphatic rings. The van der Waals surface area contributed by atoms with E-state index in [2.05, 4.69) is 4.98 Å². The Balaban J connectivity index is 1.82. The summed E-state index contributed by atoms with van der Waals surface area (Å²) >= 11 is 0.